The zero-order valence-corrected chi connectivity index (χ0v) is 13.3. The van der Waals surface area contributed by atoms with Crippen LogP contribution in [0.25, 0.3) is 11.0 Å². The highest BCUT2D eigenvalue weighted by atomic mass is 16.5. The van der Waals surface area contributed by atoms with Crippen LogP contribution in [0.5, 0.6) is 0 Å². The fourth-order valence-electron chi connectivity index (χ4n) is 3.07. The molecule has 7 nitrogen and oxygen atoms in total. The van der Waals surface area contributed by atoms with E-state index in [0.29, 0.717) is 29.5 Å². The van der Waals surface area contributed by atoms with Crippen molar-refractivity contribution in [3.63, 3.8) is 0 Å². The minimum absolute atomic E-state index is 0.304. The Kier molecular flexibility index (Phi) is 3.34. The molecule has 0 bridgehead atoms. The van der Waals surface area contributed by atoms with Crippen molar-refractivity contribution in [3.8, 4) is 0 Å². The zero-order chi connectivity index (χ0) is 16.7. The largest absolute Gasteiger partial charge is 0.463 e. The van der Waals surface area contributed by atoms with Crippen LogP contribution in [0.3, 0.4) is 0 Å². The van der Waals surface area contributed by atoms with Crippen molar-refractivity contribution < 1.29 is 13.9 Å². The Bertz CT molecular complexity index is 940. The second kappa shape index (κ2) is 5.52. The van der Waals surface area contributed by atoms with Gasteiger partial charge in [0.2, 0.25) is 5.95 Å². The monoisotopic (exact) mass is 324 g/mol. The van der Waals surface area contributed by atoms with Crippen molar-refractivity contribution in [1.82, 2.24) is 14.5 Å². The minimum Gasteiger partial charge on any atom is -0.463 e. The normalized spacial score (nSPS) is 16.8. The van der Waals surface area contributed by atoms with Crippen LogP contribution >= 0.6 is 0 Å². The van der Waals surface area contributed by atoms with E-state index in [1.165, 1.54) is 6.39 Å². The first-order chi connectivity index (χ1) is 11.7. The standard InChI is InChI=1S/C17H16N4O3/c1-3-24-16(22)14-10(2)19-17-20-11-6-4-5-7-13(11)21(17)15(14)12-8-23-9-18-12/h4-9,15H,3H2,1-2H3,(H,19,20)/t15-/m1/s1. The summed E-state index contributed by atoms with van der Waals surface area (Å²) in [6, 6.07) is 7.31. The summed E-state index contributed by atoms with van der Waals surface area (Å²) in [6.45, 7) is 3.92. The molecule has 1 N–H and O–H groups in total. The van der Waals surface area contributed by atoms with Crippen molar-refractivity contribution >= 4 is 23.0 Å². The molecule has 1 aliphatic heterocycles. The van der Waals surface area contributed by atoms with Crippen LogP contribution < -0.4 is 5.32 Å². The molecule has 3 heterocycles. The molecule has 0 saturated heterocycles. The summed E-state index contributed by atoms with van der Waals surface area (Å²) in [4.78, 5) is 21.4. The van der Waals surface area contributed by atoms with E-state index in [1.54, 1.807) is 13.2 Å². The van der Waals surface area contributed by atoms with Crippen LogP contribution in [0.15, 0.2) is 52.6 Å². The number of esters is 1. The number of allylic oxidation sites excluding steroid dienone is 1. The topological polar surface area (TPSA) is 82.2 Å². The third-order valence-corrected chi connectivity index (χ3v) is 4.06. The summed E-state index contributed by atoms with van der Waals surface area (Å²) in [6.07, 6.45) is 2.90. The summed E-state index contributed by atoms with van der Waals surface area (Å²) in [5.74, 6) is 0.286. The molecule has 1 atom stereocenters. The Hall–Kier alpha value is -3.09. The van der Waals surface area contributed by atoms with Crippen molar-refractivity contribution in [1.29, 1.82) is 0 Å². The molecular formula is C17H16N4O3. The summed E-state index contributed by atoms with van der Waals surface area (Å²) in [5, 5.41) is 3.20. The van der Waals surface area contributed by atoms with Crippen LogP contribution in [0.2, 0.25) is 0 Å². The van der Waals surface area contributed by atoms with E-state index in [1.807, 2.05) is 35.8 Å². The smallest absolute Gasteiger partial charge is 0.338 e. The zero-order valence-electron chi connectivity index (χ0n) is 13.3. The number of imidazole rings is 1. The SMILES string of the molecule is CCOC(=O)C1=C(C)Nc2nc3ccccc3n2[C@@H]1c1cocn1. The molecular weight excluding hydrogens is 308 g/mol. The molecule has 7 heteroatoms. The lowest BCUT2D eigenvalue weighted by Gasteiger charge is -2.28. The number of fused-ring (bicyclic) bond motifs is 3. The number of nitrogens with zero attached hydrogens (tertiary/aromatic N) is 3. The lowest BCUT2D eigenvalue weighted by molar-refractivity contribution is -0.139. The highest BCUT2D eigenvalue weighted by Gasteiger charge is 2.36. The number of para-hydroxylation sites is 2. The van der Waals surface area contributed by atoms with E-state index >= 15 is 0 Å². The van der Waals surface area contributed by atoms with E-state index in [0.717, 1.165) is 11.0 Å². The average molecular weight is 324 g/mol. The summed E-state index contributed by atoms with van der Waals surface area (Å²) < 4.78 is 12.4. The lowest BCUT2D eigenvalue weighted by Crippen LogP contribution is -2.29. The van der Waals surface area contributed by atoms with Crippen LogP contribution in [0, 0.1) is 0 Å². The van der Waals surface area contributed by atoms with E-state index in [2.05, 4.69) is 15.3 Å². The van der Waals surface area contributed by atoms with Gasteiger partial charge in [0.05, 0.1) is 23.2 Å². The Morgan fingerprint density at radius 1 is 1.42 bits per heavy atom. The van der Waals surface area contributed by atoms with Gasteiger partial charge in [-0.2, -0.15) is 0 Å². The molecule has 4 rings (SSSR count). The second-order valence-corrected chi connectivity index (χ2v) is 5.49. The van der Waals surface area contributed by atoms with Crippen LogP contribution in [0.1, 0.15) is 25.6 Å². The fraction of sp³-hybridized carbons (Fsp3) is 0.235. The lowest BCUT2D eigenvalue weighted by atomic mass is 10.00. The molecule has 0 spiro atoms. The molecule has 1 aromatic carbocycles. The summed E-state index contributed by atoms with van der Waals surface area (Å²) >= 11 is 0. The molecule has 24 heavy (non-hydrogen) atoms. The molecule has 0 aliphatic carbocycles. The maximum Gasteiger partial charge on any atom is 0.338 e. The van der Waals surface area contributed by atoms with Gasteiger partial charge in [0.15, 0.2) is 6.39 Å². The van der Waals surface area contributed by atoms with Gasteiger partial charge in [-0.15, -0.1) is 0 Å². The highest BCUT2D eigenvalue weighted by Crippen LogP contribution is 2.38. The van der Waals surface area contributed by atoms with Gasteiger partial charge in [-0.25, -0.2) is 14.8 Å². The third kappa shape index (κ3) is 2.09. The molecule has 0 radical (unpaired) electrons. The van der Waals surface area contributed by atoms with Crippen LogP contribution in [-0.4, -0.2) is 27.1 Å². The second-order valence-electron chi connectivity index (χ2n) is 5.49. The highest BCUT2D eigenvalue weighted by molar-refractivity contribution is 5.93. The number of carbonyl (C=O) groups excluding carboxylic acids is 1. The molecule has 0 amide bonds. The van der Waals surface area contributed by atoms with Gasteiger partial charge in [0.25, 0.3) is 0 Å². The van der Waals surface area contributed by atoms with E-state index in [9.17, 15) is 4.79 Å². The number of hydrogen-bond acceptors (Lipinski definition) is 6. The van der Waals surface area contributed by atoms with Gasteiger partial charge >= 0.3 is 5.97 Å². The maximum absolute atomic E-state index is 12.6. The van der Waals surface area contributed by atoms with Crippen molar-refractivity contribution in [2.75, 3.05) is 11.9 Å². The number of oxazole rings is 1. The number of hydrogen-bond donors (Lipinski definition) is 1. The van der Waals surface area contributed by atoms with Gasteiger partial charge in [-0.05, 0) is 26.0 Å². The number of aromatic nitrogens is 3. The number of benzene rings is 1. The molecule has 2 aromatic heterocycles. The first-order valence-electron chi connectivity index (χ1n) is 7.70. The third-order valence-electron chi connectivity index (χ3n) is 4.06. The average Bonchev–Trinajstić information content (AvgIpc) is 3.21. The van der Waals surface area contributed by atoms with Crippen LogP contribution in [-0.2, 0) is 9.53 Å². The van der Waals surface area contributed by atoms with Gasteiger partial charge < -0.3 is 14.5 Å². The predicted octanol–water partition coefficient (Wildman–Crippen LogP) is 2.88. The van der Waals surface area contributed by atoms with Gasteiger partial charge in [0.1, 0.15) is 18.0 Å². The molecule has 1 aliphatic rings. The van der Waals surface area contributed by atoms with Gasteiger partial charge in [-0.1, -0.05) is 12.1 Å². The Labute approximate surface area is 138 Å². The number of rotatable bonds is 3. The number of nitrogens with one attached hydrogen (secondary N) is 1. The van der Waals surface area contributed by atoms with Crippen LogP contribution in [0.4, 0.5) is 5.95 Å². The number of ether oxygens (including phenoxy) is 1. The van der Waals surface area contributed by atoms with E-state index in [-0.39, 0.29) is 5.97 Å². The van der Waals surface area contributed by atoms with Gasteiger partial charge in [-0.3, -0.25) is 4.57 Å². The molecule has 122 valence electrons. The van der Waals surface area contributed by atoms with E-state index in [4.69, 9.17) is 9.15 Å². The number of carbonyl (C=O) groups is 1. The number of anilines is 1. The minimum atomic E-state index is -0.452. The Morgan fingerprint density at radius 2 is 2.25 bits per heavy atom. The van der Waals surface area contributed by atoms with Crippen molar-refractivity contribution in [2.45, 2.75) is 19.9 Å². The fourth-order valence-corrected chi connectivity index (χ4v) is 3.07. The molecule has 0 saturated carbocycles. The molecule has 0 fully saturated rings. The summed E-state index contributed by atoms with van der Waals surface area (Å²) in [5.41, 5.74) is 3.57. The molecule has 0 unspecified atom stereocenters. The van der Waals surface area contributed by atoms with E-state index < -0.39 is 6.04 Å². The van der Waals surface area contributed by atoms with Crippen molar-refractivity contribution in [3.05, 3.63) is 53.9 Å². The quantitative estimate of drug-likeness (QED) is 0.746. The maximum atomic E-state index is 12.6. The first-order valence-corrected chi connectivity index (χ1v) is 7.70. The summed E-state index contributed by atoms with van der Waals surface area (Å²) in [7, 11) is 0. The van der Waals surface area contributed by atoms with Gasteiger partial charge in [0, 0.05) is 5.70 Å². The predicted molar refractivity (Wildman–Crippen MR) is 87.3 cm³/mol. The first kappa shape index (κ1) is 14.5. The van der Waals surface area contributed by atoms with Crippen molar-refractivity contribution in [2.24, 2.45) is 0 Å². The Balaban J connectivity index is 1.97. The Morgan fingerprint density at radius 3 is 3.00 bits per heavy atom. The molecule has 3 aromatic rings.